The zero-order valence-corrected chi connectivity index (χ0v) is 10.0. The molecule has 1 atom stereocenters. The summed E-state index contributed by atoms with van der Waals surface area (Å²) >= 11 is 7.76. The summed E-state index contributed by atoms with van der Waals surface area (Å²) in [5.74, 6) is 0. The molecular formula is C12H14ClNS. The van der Waals surface area contributed by atoms with Gasteiger partial charge in [-0.25, -0.2) is 0 Å². The van der Waals surface area contributed by atoms with E-state index in [0.29, 0.717) is 5.25 Å². The minimum Gasteiger partial charge on any atom is -0.398 e. The average Bonchev–Trinajstić information content (AvgIpc) is 2.25. The first kappa shape index (κ1) is 10.9. The lowest BCUT2D eigenvalue weighted by molar-refractivity contribution is 0.741. The van der Waals surface area contributed by atoms with Crippen molar-refractivity contribution in [2.45, 2.75) is 29.4 Å². The monoisotopic (exact) mass is 239 g/mol. The van der Waals surface area contributed by atoms with Gasteiger partial charge in [-0.1, -0.05) is 23.8 Å². The van der Waals surface area contributed by atoms with Crippen LogP contribution in [0.5, 0.6) is 0 Å². The maximum Gasteiger partial charge on any atom is 0.0453 e. The van der Waals surface area contributed by atoms with Gasteiger partial charge in [0.1, 0.15) is 0 Å². The Kier molecular flexibility index (Phi) is 3.60. The Morgan fingerprint density at radius 3 is 3.00 bits per heavy atom. The van der Waals surface area contributed by atoms with Crippen molar-refractivity contribution in [3.63, 3.8) is 0 Å². The third-order valence-electron chi connectivity index (χ3n) is 2.46. The molecule has 2 N–H and O–H groups in total. The van der Waals surface area contributed by atoms with Crippen molar-refractivity contribution in [3.8, 4) is 0 Å². The third-order valence-corrected chi connectivity index (χ3v) is 4.00. The number of nitrogen functional groups attached to an aromatic ring is 1. The molecule has 0 aromatic heterocycles. The van der Waals surface area contributed by atoms with Gasteiger partial charge in [0.15, 0.2) is 0 Å². The predicted molar refractivity (Wildman–Crippen MR) is 68.5 cm³/mol. The Labute approximate surface area is 99.7 Å². The lowest BCUT2D eigenvalue weighted by Gasteiger charge is -2.16. The molecule has 0 bridgehead atoms. The number of benzene rings is 1. The Balaban J connectivity index is 2.12. The average molecular weight is 240 g/mol. The first-order chi connectivity index (χ1) is 7.25. The van der Waals surface area contributed by atoms with Crippen molar-refractivity contribution in [2.24, 2.45) is 0 Å². The fourth-order valence-corrected chi connectivity index (χ4v) is 3.09. The molecule has 1 aliphatic rings. The molecule has 2 rings (SSSR count). The molecule has 3 heteroatoms. The van der Waals surface area contributed by atoms with Gasteiger partial charge in [0.2, 0.25) is 0 Å². The minimum atomic E-state index is 0.555. The molecule has 0 saturated carbocycles. The van der Waals surface area contributed by atoms with Gasteiger partial charge in [-0.2, -0.15) is 0 Å². The van der Waals surface area contributed by atoms with Gasteiger partial charge in [-0.15, -0.1) is 11.8 Å². The van der Waals surface area contributed by atoms with Crippen molar-refractivity contribution < 1.29 is 0 Å². The molecule has 0 aliphatic heterocycles. The van der Waals surface area contributed by atoms with Crippen LogP contribution in [0.2, 0.25) is 5.02 Å². The summed E-state index contributed by atoms with van der Waals surface area (Å²) in [5.41, 5.74) is 6.73. The van der Waals surface area contributed by atoms with Gasteiger partial charge in [-0.05, 0) is 37.5 Å². The van der Waals surface area contributed by atoms with Crippen molar-refractivity contribution in [1.29, 1.82) is 0 Å². The van der Waals surface area contributed by atoms with Gasteiger partial charge in [0.25, 0.3) is 0 Å². The number of nitrogens with two attached hydrogens (primary N) is 1. The molecule has 0 amide bonds. The van der Waals surface area contributed by atoms with Crippen LogP contribution < -0.4 is 5.73 Å². The summed E-state index contributed by atoms with van der Waals surface area (Å²) in [6.07, 6.45) is 8.24. The topological polar surface area (TPSA) is 26.0 Å². The summed E-state index contributed by atoms with van der Waals surface area (Å²) in [7, 11) is 0. The number of hydrogen-bond donors (Lipinski definition) is 1. The number of halogens is 1. The van der Waals surface area contributed by atoms with E-state index < -0.39 is 0 Å². The van der Waals surface area contributed by atoms with E-state index in [1.807, 2.05) is 30.0 Å². The number of allylic oxidation sites excluding steroid dienone is 1. The molecule has 0 heterocycles. The molecule has 1 aromatic carbocycles. The molecule has 0 radical (unpaired) electrons. The Hall–Kier alpha value is -0.600. The first-order valence-corrected chi connectivity index (χ1v) is 6.40. The smallest absolute Gasteiger partial charge is 0.0453 e. The number of anilines is 1. The second kappa shape index (κ2) is 4.95. The van der Waals surface area contributed by atoms with Crippen LogP contribution in [0.15, 0.2) is 35.2 Å². The highest BCUT2D eigenvalue weighted by atomic mass is 35.5. The quantitative estimate of drug-likeness (QED) is 0.621. The van der Waals surface area contributed by atoms with Crippen molar-refractivity contribution in [1.82, 2.24) is 0 Å². The van der Waals surface area contributed by atoms with E-state index >= 15 is 0 Å². The first-order valence-electron chi connectivity index (χ1n) is 5.14. The van der Waals surface area contributed by atoms with Crippen molar-refractivity contribution in [2.75, 3.05) is 5.73 Å². The highest BCUT2D eigenvalue weighted by Crippen LogP contribution is 2.34. The Morgan fingerprint density at radius 2 is 2.27 bits per heavy atom. The SMILES string of the molecule is Nc1ccc(Cl)cc1SC1C=CCCC1. The summed E-state index contributed by atoms with van der Waals surface area (Å²) in [6, 6.07) is 5.65. The normalized spacial score (nSPS) is 20.5. The highest BCUT2D eigenvalue weighted by molar-refractivity contribution is 8.00. The van der Waals surface area contributed by atoms with Crippen LogP contribution in [0.4, 0.5) is 5.69 Å². The van der Waals surface area contributed by atoms with Crippen LogP contribution in [-0.2, 0) is 0 Å². The molecule has 1 unspecified atom stereocenters. The van der Waals surface area contributed by atoms with Crippen LogP contribution in [0, 0.1) is 0 Å². The summed E-state index contributed by atoms with van der Waals surface area (Å²) in [4.78, 5) is 1.10. The molecular weight excluding hydrogens is 226 g/mol. The van der Waals surface area contributed by atoms with E-state index in [4.69, 9.17) is 17.3 Å². The zero-order valence-electron chi connectivity index (χ0n) is 8.45. The predicted octanol–water partition coefficient (Wildman–Crippen LogP) is 4.12. The van der Waals surface area contributed by atoms with Crippen LogP contribution in [0.25, 0.3) is 0 Å². The summed E-state index contributed by atoms with van der Waals surface area (Å²) in [5, 5.41) is 1.31. The molecule has 1 nitrogen and oxygen atoms in total. The van der Waals surface area contributed by atoms with E-state index in [-0.39, 0.29) is 0 Å². The second-order valence-corrected chi connectivity index (χ2v) is 5.41. The van der Waals surface area contributed by atoms with E-state index in [1.165, 1.54) is 19.3 Å². The second-order valence-electron chi connectivity index (χ2n) is 3.70. The minimum absolute atomic E-state index is 0.555. The van der Waals surface area contributed by atoms with Crippen molar-refractivity contribution >= 4 is 29.1 Å². The third kappa shape index (κ3) is 2.93. The standard InChI is InChI=1S/C12H14ClNS/c13-9-6-7-11(14)12(8-9)15-10-4-2-1-3-5-10/h2,4,6-8,10H,1,3,5,14H2. The van der Waals surface area contributed by atoms with Gasteiger partial charge in [0, 0.05) is 20.9 Å². The van der Waals surface area contributed by atoms with E-state index in [2.05, 4.69) is 12.2 Å². The van der Waals surface area contributed by atoms with E-state index in [0.717, 1.165) is 15.6 Å². The molecule has 1 aliphatic carbocycles. The molecule has 1 aromatic rings. The summed E-state index contributed by atoms with van der Waals surface area (Å²) < 4.78 is 0. The van der Waals surface area contributed by atoms with E-state index in [1.54, 1.807) is 0 Å². The van der Waals surface area contributed by atoms with E-state index in [9.17, 15) is 0 Å². The van der Waals surface area contributed by atoms with Crippen LogP contribution in [0.1, 0.15) is 19.3 Å². The fraction of sp³-hybridized carbons (Fsp3) is 0.333. The lowest BCUT2D eigenvalue weighted by Crippen LogP contribution is -2.02. The largest absolute Gasteiger partial charge is 0.398 e. The molecule has 80 valence electrons. The van der Waals surface area contributed by atoms with Gasteiger partial charge < -0.3 is 5.73 Å². The van der Waals surface area contributed by atoms with Gasteiger partial charge >= 0.3 is 0 Å². The lowest BCUT2D eigenvalue weighted by atomic mass is 10.1. The Morgan fingerprint density at radius 1 is 1.40 bits per heavy atom. The molecule has 0 fully saturated rings. The van der Waals surface area contributed by atoms with Gasteiger partial charge in [-0.3, -0.25) is 0 Å². The molecule has 0 saturated heterocycles. The maximum absolute atomic E-state index is 5.95. The van der Waals surface area contributed by atoms with Crippen LogP contribution in [-0.4, -0.2) is 5.25 Å². The number of hydrogen-bond acceptors (Lipinski definition) is 2. The summed E-state index contributed by atoms with van der Waals surface area (Å²) in [6.45, 7) is 0. The fourth-order valence-electron chi connectivity index (χ4n) is 1.65. The molecule has 0 spiro atoms. The molecule has 15 heavy (non-hydrogen) atoms. The number of thioether (sulfide) groups is 1. The van der Waals surface area contributed by atoms with Crippen LogP contribution >= 0.6 is 23.4 Å². The van der Waals surface area contributed by atoms with Gasteiger partial charge in [0.05, 0.1) is 0 Å². The maximum atomic E-state index is 5.95. The zero-order chi connectivity index (χ0) is 10.7. The number of rotatable bonds is 2. The Bertz CT molecular complexity index is 376. The highest BCUT2D eigenvalue weighted by Gasteiger charge is 2.11. The van der Waals surface area contributed by atoms with Crippen LogP contribution in [0.3, 0.4) is 0 Å². The van der Waals surface area contributed by atoms with Crippen molar-refractivity contribution in [3.05, 3.63) is 35.4 Å².